The van der Waals surface area contributed by atoms with Gasteiger partial charge < -0.3 is 15.4 Å². The van der Waals surface area contributed by atoms with Gasteiger partial charge in [-0.3, -0.25) is 4.99 Å². The SMILES string of the molecule is CN=C(NCc1cccc(OC)c1)NC(C)c1ccccc1. The van der Waals surface area contributed by atoms with E-state index in [1.54, 1.807) is 14.2 Å². The molecule has 2 rings (SSSR count). The van der Waals surface area contributed by atoms with Gasteiger partial charge in [-0.15, -0.1) is 0 Å². The number of guanidine groups is 1. The predicted octanol–water partition coefficient (Wildman–Crippen LogP) is 3.12. The standard InChI is InChI=1S/C18H23N3O/c1-14(16-9-5-4-6-10-16)21-18(19-2)20-13-15-8-7-11-17(12-15)22-3/h4-12,14H,13H2,1-3H3,(H2,19,20,21). The molecule has 2 N–H and O–H groups in total. The number of benzene rings is 2. The van der Waals surface area contributed by atoms with E-state index in [9.17, 15) is 0 Å². The summed E-state index contributed by atoms with van der Waals surface area (Å²) in [6.07, 6.45) is 0. The molecule has 0 aliphatic carbocycles. The van der Waals surface area contributed by atoms with E-state index < -0.39 is 0 Å². The number of hydrogen-bond acceptors (Lipinski definition) is 2. The molecule has 2 aromatic rings. The van der Waals surface area contributed by atoms with Gasteiger partial charge in [0.05, 0.1) is 13.2 Å². The van der Waals surface area contributed by atoms with E-state index >= 15 is 0 Å². The van der Waals surface area contributed by atoms with Crippen LogP contribution in [-0.4, -0.2) is 20.1 Å². The first-order chi connectivity index (χ1) is 10.7. The molecule has 1 unspecified atom stereocenters. The van der Waals surface area contributed by atoms with Gasteiger partial charge in [0.2, 0.25) is 0 Å². The molecule has 0 fully saturated rings. The second-order valence-electron chi connectivity index (χ2n) is 5.05. The zero-order chi connectivity index (χ0) is 15.8. The Balaban J connectivity index is 1.92. The summed E-state index contributed by atoms with van der Waals surface area (Å²) in [6, 6.07) is 18.5. The van der Waals surface area contributed by atoms with E-state index in [4.69, 9.17) is 4.74 Å². The minimum Gasteiger partial charge on any atom is -0.497 e. The highest BCUT2D eigenvalue weighted by Crippen LogP contribution is 2.13. The van der Waals surface area contributed by atoms with Crippen molar-refractivity contribution < 1.29 is 4.74 Å². The number of methoxy groups -OCH3 is 1. The van der Waals surface area contributed by atoms with Crippen LogP contribution in [0.15, 0.2) is 59.6 Å². The molecule has 0 amide bonds. The molecular weight excluding hydrogens is 274 g/mol. The van der Waals surface area contributed by atoms with E-state index in [1.165, 1.54) is 5.56 Å². The van der Waals surface area contributed by atoms with Gasteiger partial charge in [-0.25, -0.2) is 0 Å². The molecule has 0 radical (unpaired) electrons. The molecule has 0 aliphatic heterocycles. The van der Waals surface area contributed by atoms with Crippen molar-refractivity contribution in [1.29, 1.82) is 0 Å². The van der Waals surface area contributed by atoms with E-state index in [-0.39, 0.29) is 6.04 Å². The minimum atomic E-state index is 0.192. The van der Waals surface area contributed by atoms with Gasteiger partial charge in [0.15, 0.2) is 5.96 Å². The molecule has 2 aromatic carbocycles. The summed E-state index contributed by atoms with van der Waals surface area (Å²) in [7, 11) is 3.45. The summed E-state index contributed by atoms with van der Waals surface area (Å²) in [4.78, 5) is 4.27. The van der Waals surface area contributed by atoms with Gasteiger partial charge in [0.25, 0.3) is 0 Å². The fourth-order valence-electron chi connectivity index (χ4n) is 2.19. The molecule has 4 nitrogen and oxygen atoms in total. The van der Waals surface area contributed by atoms with E-state index in [0.717, 1.165) is 17.3 Å². The van der Waals surface area contributed by atoms with Crippen molar-refractivity contribution in [3.8, 4) is 5.75 Å². The lowest BCUT2D eigenvalue weighted by Crippen LogP contribution is -2.38. The smallest absolute Gasteiger partial charge is 0.191 e. The van der Waals surface area contributed by atoms with Crippen LogP contribution in [0.2, 0.25) is 0 Å². The molecule has 0 heterocycles. The maximum absolute atomic E-state index is 5.24. The third-order valence-electron chi connectivity index (χ3n) is 3.47. The summed E-state index contributed by atoms with van der Waals surface area (Å²) in [6.45, 7) is 2.81. The zero-order valence-corrected chi connectivity index (χ0v) is 13.3. The Morgan fingerprint density at radius 2 is 1.91 bits per heavy atom. The van der Waals surface area contributed by atoms with Crippen LogP contribution < -0.4 is 15.4 Å². The summed E-state index contributed by atoms with van der Waals surface area (Å²) in [5.74, 6) is 1.64. The molecular formula is C18H23N3O. The molecule has 0 spiro atoms. The van der Waals surface area contributed by atoms with Crippen LogP contribution in [0.4, 0.5) is 0 Å². The maximum atomic E-state index is 5.24. The summed E-state index contributed by atoms with van der Waals surface area (Å²) in [5.41, 5.74) is 2.38. The van der Waals surface area contributed by atoms with E-state index in [1.807, 2.05) is 36.4 Å². The Hall–Kier alpha value is -2.49. The number of nitrogens with one attached hydrogen (secondary N) is 2. The fraction of sp³-hybridized carbons (Fsp3) is 0.278. The Morgan fingerprint density at radius 3 is 2.59 bits per heavy atom. The Kier molecular flexibility index (Phi) is 5.83. The lowest BCUT2D eigenvalue weighted by atomic mass is 10.1. The van der Waals surface area contributed by atoms with Crippen molar-refractivity contribution in [2.24, 2.45) is 4.99 Å². The number of aliphatic imine (C=N–C) groups is 1. The lowest BCUT2D eigenvalue weighted by molar-refractivity contribution is 0.414. The Labute approximate surface area is 132 Å². The van der Waals surface area contributed by atoms with Crippen molar-refractivity contribution in [1.82, 2.24) is 10.6 Å². The minimum absolute atomic E-state index is 0.192. The second-order valence-corrected chi connectivity index (χ2v) is 5.05. The number of ether oxygens (including phenoxy) is 1. The molecule has 0 saturated carbocycles. The molecule has 0 saturated heterocycles. The first-order valence-corrected chi connectivity index (χ1v) is 7.38. The normalized spacial score (nSPS) is 12.6. The van der Waals surface area contributed by atoms with Crippen LogP contribution in [0.3, 0.4) is 0 Å². The second kappa shape index (κ2) is 8.08. The van der Waals surface area contributed by atoms with Gasteiger partial charge in [-0.1, -0.05) is 42.5 Å². The van der Waals surface area contributed by atoms with E-state index in [2.05, 4.69) is 40.7 Å². The average molecular weight is 297 g/mol. The van der Waals surface area contributed by atoms with Gasteiger partial charge in [-0.2, -0.15) is 0 Å². The Morgan fingerprint density at radius 1 is 1.14 bits per heavy atom. The quantitative estimate of drug-likeness (QED) is 0.658. The maximum Gasteiger partial charge on any atom is 0.191 e. The molecule has 0 aliphatic rings. The number of rotatable bonds is 5. The summed E-state index contributed by atoms with van der Waals surface area (Å²) in [5, 5.41) is 6.71. The van der Waals surface area contributed by atoms with Crippen LogP contribution in [0.1, 0.15) is 24.1 Å². The first-order valence-electron chi connectivity index (χ1n) is 7.38. The monoisotopic (exact) mass is 297 g/mol. The summed E-state index contributed by atoms with van der Waals surface area (Å²) < 4.78 is 5.24. The van der Waals surface area contributed by atoms with Crippen LogP contribution in [0, 0.1) is 0 Å². The molecule has 0 bridgehead atoms. The van der Waals surface area contributed by atoms with Gasteiger partial charge >= 0.3 is 0 Å². The van der Waals surface area contributed by atoms with Gasteiger partial charge in [0.1, 0.15) is 5.75 Å². The number of hydrogen-bond donors (Lipinski definition) is 2. The van der Waals surface area contributed by atoms with Crippen molar-refractivity contribution >= 4 is 5.96 Å². The molecule has 22 heavy (non-hydrogen) atoms. The van der Waals surface area contributed by atoms with Crippen LogP contribution >= 0.6 is 0 Å². The van der Waals surface area contributed by atoms with Crippen molar-refractivity contribution in [3.05, 3.63) is 65.7 Å². The molecule has 4 heteroatoms. The highest BCUT2D eigenvalue weighted by atomic mass is 16.5. The van der Waals surface area contributed by atoms with Gasteiger partial charge in [0, 0.05) is 13.6 Å². The summed E-state index contributed by atoms with van der Waals surface area (Å²) >= 11 is 0. The third-order valence-corrected chi connectivity index (χ3v) is 3.47. The zero-order valence-electron chi connectivity index (χ0n) is 13.3. The average Bonchev–Trinajstić information content (AvgIpc) is 2.59. The van der Waals surface area contributed by atoms with Gasteiger partial charge in [-0.05, 0) is 30.2 Å². The van der Waals surface area contributed by atoms with Crippen molar-refractivity contribution in [3.63, 3.8) is 0 Å². The van der Waals surface area contributed by atoms with Crippen LogP contribution in [-0.2, 0) is 6.54 Å². The van der Waals surface area contributed by atoms with Crippen LogP contribution in [0.25, 0.3) is 0 Å². The highest BCUT2D eigenvalue weighted by Gasteiger charge is 2.07. The number of nitrogens with zero attached hydrogens (tertiary/aromatic N) is 1. The lowest BCUT2D eigenvalue weighted by Gasteiger charge is -2.18. The molecule has 1 atom stereocenters. The largest absolute Gasteiger partial charge is 0.497 e. The first kappa shape index (κ1) is 15.9. The van der Waals surface area contributed by atoms with Crippen LogP contribution in [0.5, 0.6) is 5.75 Å². The van der Waals surface area contributed by atoms with Crippen molar-refractivity contribution in [2.45, 2.75) is 19.5 Å². The molecule has 0 aromatic heterocycles. The van der Waals surface area contributed by atoms with Crippen molar-refractivity contribution in [2.75, 3.05) is 14.2 Å². The predicted molar refractivity (Wildman–Crippen MR) is 91.2 cm³/mol. The topological polar surface area (TPSA) is 45.7 Å². The molecule has 116 valence electrons. The highest BCUT2D eigenvalue weighted by molar-refractivity contribution is 5.80. The third kappa shape index (κ3) is 4.52. The fourth-order valence-corrected chi connectivity index (χ4v) is 2.19. The van der Waals surface area contributed by atoms with E-state index in [0.29, 0.717) is 6.54 Å². The Bertz CT molecular complexity index is 611.